The molecule has 21 heavy (non-hydrogen) atoms. The van der Waals surface area contributed by atoms with Crippen LogP contribution in [0.2, 0.25) is 0 Å². The molecular formula is C18H28N2S. The molecule has 1 saturated heterocycles. The van der Waals surface area contributed by atoms with Crippen LogP contribution in [0.25, 0.3) is 0 Å². The number of nitrogens with zero attached hydrogens (tertiary/aromatic N) is 1. The normalized spacial score (nSPS) is 26.9. The van der Waals surface area contributed by atoms with E-state index in [1.54, 1.807) is 0 Å². The maximum Gasteiger partial charge on any atom is 0.0473 e. The second-order valence-corrected chi connectivity index (χ2v) is 7.46. The lowest BCUT2D eigenvalue weighted by Crippen LogP contribution is -2.53. The van der Waals surface area contributed by atoms with Gasteiger partial charge in [-0.3, -0.25) is 4.90 Å². The number of nitrogens with one attached hydrogen (secondary N) is 1. The van der Waals surface area contributed by atoms with Crippen LogP contribution in [0.1, 0.15) is 37.3 Å². The maximum absolute atomic E-state index is 3.82. The maximum atomic E-state index is 3.82. The summed E-state index contributed by atoms with van der Waals surface area (Å²) in [5, 5.41) is 3.82. The fraction of sp³-hybridized carbons (Fsp3) is 0.667. The van der Waals surface area contributed by atoms with E-state index in [0.717, 1.165) is 18.5 Å². The predicted molar refractivity (Wildman–Crippen MR) is 92.9 cm³/mol. The molecular weight excluding hydrogens is 276 g/mol. The van der Waals surface area contributed by atoms with E-state index in [9.17, 15) is 0 Å². The summed E-state index contributed by atoms with van der Waals surface area (Å²) in [4.78, 5) is 2.75. The molecule has 2 atom stereocenters. The molecule has 1 aromatic rings. The van der Waals surface area contributed by atoms with Crippen molar-refractivity contribution < 1.29 is 0 Å². The van der Waals surface area contributed by atoms with Gasteiger partial charge >= 0.3 is 0 Å². The van der Waals surface area contributed by atoms with E-state index in [1.165, 1.54) is 50.1 Å². The molecule has 0 amide bonds. The van der Waals surface area contributed by atoms with Gasteiger partial charge in [-0.2, -0.15) is 11.8 Å². The Kier molecular flexibility index (Phi) is 5.61. The zero-order chi connectivity index (χ0) is 14.5. The highest BCUT2D eigenvalue weighted by Crippen LogP contribution is 2.36. The average Bonchev–Trinajstić information content (AvgIpc) is 3.37. The molecule has 1 aliphatic carbocycles. The van der Waals surface area contributed by atoms with Gasteiger partial charge in [0, 0.05) is 25.2 Å². The van der Waals surface area contributed by atoms with Crippen LogP contribution in [0.15, 0.2) is 30.3 Å². The minimum Gasteiger partial charge on any atom is -0.311 e. The zero-order valence-electron chi connectivity index (χ0n) is 13.1. The number of thioether (sulfide) groups is 1. The molecule has 0 radical (unpaired) electrons. The van der Waals surface area contributed by atoms with Gasteiger partial charge in [0.05, 0.1) is 0 Å². The van der Waals surface area contributed by atoms with Crippen LogP contribution in [0.5, 0.6) is 0 Å². The van der Waals surface area contributed by atoms with E-state index in [4.69, 9.17) is 0 Å². The van der Waals surface area contributed by atoms with Crippen LogP contribution in [-0.4, -0.2) is 42.6 Å². The molecule has 3 rings (SSSR count). The minimum atomic E-state index is 0.565. The zero-order valence-corrected chi connectivity index (χ0v) is 13.9. The number of hydrogen-bond acceptors (Lipinski definition) is 3. The van der Waals surface area contributed by atoms with Crippen molar-refractivity contribution in [2.75, 3.05) is 31.6 Å². The Morgan fingerprint density at radius 3 is 2.71 bits per heavy atom. The van der Waals surface area contributed by atoms with Crippen molar-refractivity contribution in [1.29, 1.82) is 0 Å². The number of rotatable bonds is 7. The van der Waals surface area contributed by atoms with Crippen molar-refractivity contribution in [2.45, 2.75) is 37.8 Å². The summed E-state index contributed by atoms with van der Waals surface area (Å²) < 4.78 is 0. The van der Waals surface area contributed by atoms with E-state index in [1.807, 2.05) is 11.8 Å². The Morgan fingerprint density at radius 1 is 1.19 bits per heavy atom. The van der Waals surface area contributed by atoms with Crippen molar-refractivity contribution in [3.8, 4) is 0 Å². The van der Waals surface area contributed by atoms with Crippen LogP contribution in [0, 0.1) is 5.92 Å². The van der Waals surface area contributed by atoms with E-state index < -0.39 is 0 Å². The monoisotopic (exact) mass is 304 g/mol. The molecule has 2 unspecified atom stereocenters. The average molecular weight is 305 g/mol. The molecule has 2 nitrogen and oxygen atoms in total. The molecule has 0 bridgehead atoms. The van der Waals surface area contributed by atoms with E-state index in [2.05, 4.69) is 46.8 Å². The first-order chi connectivity index (χ1) is 10.4. The topological polar surface area (TPSA) is 15.3 Å². The van der Waals surface area contributed by atoms with E-state index in [0.29, 0.717) is 6.04 Å². The second kappa shape index (κ2) is 7.66. The SMILES string of the molecule is CSCCCCN1CC(C2CC2)NCC1c1ccccc1. The number of unbranched alkanes of at least 4 members (excludes halogenated alkanes) is 1. The highest BCUT2D eigenvalue weighted by molar-refractivity contribution is 7.98. The summed E-state index contributed by atoms with van der Waals surface area (Å²) >= 11 is 1.97. The van der Waals surface area contributed by atoms with Gasteiger partial charge in [0.15, 0.2) is 0 Å². The van der Waals surface area contributed by atoms with Gasteiger partial charge in [-0.05, 0) is 55.7 Å². The molecule has 1 saturated carbocycles. The summed E-state index contributed by atoms with van der Waals surface area (Å²) in [6.07, 6.45) is 7.77. The smallest absolute Gasteiger partial charge is 0.0473 e. The van der Waals surface area contributed by atoms with Gasteiger partial charge < -0.3 is 5.32 Å². The molecule has 0 aromatic heterocycles. The van der Waals surface area contributed by atoms with Gasteiger partial charge in [0.25, 0.3) is 0 Å². The minimum absolute atomic E-state index is 0.565. The van der Waals surface area contributed by atoms with Crippen molar-refractivity contribution in [3.63, 3.8) is 0 Å². The van der Waals surface area contributed by atoms with Crippen molar-refractivity contribution in [3.05, 3.63) is 35.9 Å². The summed E-state index contributed by atoms with van der Waals surface area (Å²) in [5.41, 5.74) is 1.48. The van der Waals surface area contributed by atoms with Gasteiger partial charge in [0.2, 0.25) is 0 Å². The summed E-state index contributed by atoms with van der Waals surface area (Å²) in [7, 11) is 0. The lowest BCUT2D eigenvalue weighted by atomic mass is 9.99. The molecule has 2 fully saturated rings. The lowest BCUT2D eigenvalue weighted by molar-refractivity contribution is 0.121. The van der Waals surface area contributed by atoms with Crippen molar-refractivity contribution in [1.82, 2.24) is 10.2 Å². The molecule has 1 aromatic carbocycles. The fourth-order valence-corrected chi connectivity index (χ4v) is 3.96. The first-order valence-electron chi connectivity index (χ1n) is 8.40. The van der Waals surface area contributed by atoms with Crippen LogP contribution < -0.4 is 5.32 Å². The number of piperazine rings is 1. The van der Waals surface area contributed by atoms with Crippen molar-refractivity contribution >= 4 is 11.8 Å². The number of benzene rings is 1. The molecule has 0 spiro atoms. The van der Waals surface area contributed by atoms with Crippen LogP contribution in [0.3, 0.4) is 0 Å². The van der Waals surface area contributed by atoms with Gasteiger partial charge in [0.1, 0.15) is 0 Å². The predicted octanol–water partition coefficient (Wildman–Crippen LogP) is 3.55. The van der Waals surface area contributed by atoms with Crippen molar-refractivity contribution in [2.24, 2.45) is 5.92 Å². The van der Waals surface area contributed by atoms with Crippen LogP contribution >= 0.6 is 11.8 Å². The molecule has 1 aliphatic heterocycles. The Hall–Kier alpha value is -0.510. The van der Waals surface area contributed by atoms with E-state index in [-0.39, 0.29) is 0 Å². The third-order valence-electron chi connectivity index (χ3n) is 4.86. The standard InChI is InChI=1S/C18H28N2S/c1-21-12-6-5-11-20-14-17(15-9-10-15)19-13-18(20)16-7-3-2-4-8-16/h2-4,7-8,15,17-19H,5-6,9-14H2,1H3. The quantitative estimate of drug-likeness (QED) is 0.776. The van der Waals surface area contributed by atoms with Crippen LogP contribution in [0.4, 0.5) is 0 Å². The number of hydrogen-bond donors (Lipinski definition) is 1. The molecule has 2 aliphatic rings. The first-order valence-corrected chi connectivity index (χ1v) is 9.79. The lowest BCUT2D eigenvalue weighted by Gasteiger charge is -2.41. The molecule has 3 heteroatoms. The Morgan fingerprint density at radius 2 is 2.00 bits per heavy atom. The largest absolute Gasteiger partial charge is 0.311 e. The third-order valence-corrected chi connectivity index (χ3v) is 5.56. The summed E-state index contributed by atoms with van der Waals surface area (Å²) in [6.45, 7) is 3.61. The molecule has 1 N–H and O–H groups in total. The molecule has 116 valence electrons. The highest BCUT2D eigenvalue weighted by atomic mass is 32.2. The first kappa shape index (κ1) is 15.4. The Bertz CT molecular complexity index is 418. The van der Waals surface area contributed by atoms with Gasteiger partial charge in [-0.15, -0.1) is 0 Å². The summed E-state index contributed by atoms with van der Waals surface area (Å²) in [6, 6.07) is 12.4. The molecule has 1 heterocycles. The Balaban J connectivity index is 1.62. The summed E-state index contributed by atoms with van der Waals surface area (Å²) in [5.74, 6) is 2.25. The Labute approximate surface area is 133 Å². The van der Waals surface area contributed by atoms with Gasteiger partial charge in [-0.1, -0.05) is 30.3 Å². The third kappa shape index (κ3) is 4.24. The van der Waals surface area contributed by atoms with E-state index >= 15 is 0 Å². The second-order valence-electron chi connectivity index (χ2n) is 6.47. The van der Waals surface area contributed by atoms with Gasteiger partial charge in [-0.25, -0.2) is 0 Å². The fourth-order valence-electron chi connectivity index (χ4n) is 3.46. The highest BCUT2D eigenvalue weighted by Gasteiger charge is 2.37. The van der Waals surface area contributed by atoms with Crippen LogP contribution in [-0.2, 0) is 0 Å².